The summed E-state index contributed by atoms with van der Waals surface area (Å²) in [5, 5.41) is 9.50. The predicted molar refractivity (Wildman–Crippen MR) is 90.8 cm³/mol. The number of amides is 1. The molecule has 3 rings (SSSR count). The van der Waals surface area contributed by atoms with E-state index in [9.17, 15) is 14.7 Å². The van der Waals surface area contributed by atoms with Crippen LogP contribution in [0, 0.1) is 5.92 Å². The number of hydrogen-bond donors (Lipinski definition) is 1. The third-order valence-electron chi connectivity index (χ3n) is 5.41. The van der Waals surface area contributed by atoms with Gasteiger partial charge in [0.05, 0.1) is 6.61 Å². The van der Waals surface area contributed by atoms with Crippen LogP contribution in [0.1, 0.15) is 44.6 Å². The van der Waals surface area contributed by atoms with Crippen molar-refractivity contribution in [1.29, 1.82) is 0 Å². The van der Waals surface area contributed by atoms with E-state index in [1.807, 2.05) is 30.3 Å². The van der Waals surface area contributed by atoms with Gasteiger partial charge >= 0.3 is 12.1 Å². The summed E-state index contributed by atoms with van der Waals surface area (Å²) in [4.78, 5) is 25.7. The van der Waals surface area contributed by atoms with E-state index >= 15 is 0 Å². The molecule has 1 saturated heterocycles. The Labute approximate surface area is 147 Å². The van der Waals surface area contributed by atoms with Crippen LogP contribution in [0.5, 0.6) is 0 Å². The highest BCUT2D eigenvalue weighted by Gasteiger charge is 2.54. The number of benzene rings is 1. The Balaban J connectivity index is 1.73. The second-order valence-electron chi connectivity index (χ2n) is 6.87. The third kappa shape index (κ3) is 3.63. The largest absolute Gasteiger partial charge is 0.480 e. The van der Waals surface area contributed by atoms with Gasteiger partial charge in [-0.25, -0.2) is 9.59 Å². The Morgan fingerprint density at radius 2 is 1.96 bits per heavy atom. The maximum Gasteiger partial charge on any atom is 0.413 e. The number of rotatable bonds is 4. The minimum Gasteiger partial charge on any atom is -0.480 e. The van der Waals surface area contributed by atoms with Gasteiger partial charge in [-0.2, -0.15) is 0 Å². The average Bonchev–Trinajstić information content (AvgIpc) is 3.00. The minimum absolute atomic E-state index is 0.0204. The molecule has 25 heavy (non-hydrogen) atoms. The van der Waals surface area contributed by atoms with Gasteiger partial charge in [0.1, 0.15) is 12.3 Å². The fourth-order valence-electron chi connectivity index (χ4n) is 3.85. The zero-order valence-electron chi connectivity index (χ0n) is 14.5. The Morgan fingerprint density at radius 3 is 2.56 bits per heavy atom. The van der Waals surface area contributed by atoms with Gasteiger partial charge in [-0.3, -0.25) is 4.90 Å². The zero-order chi connectivity index (χ0) is 17.9. The molecule has 0 radical (unpaired) electrons. The molecule has 1 aromatic carbocycles. The molecule has 1 saturated carbocycles. The van der Waals surface area contributed by atoms with Crippen LogP contribution in [-0.2, 0) is 20.9 Å². The smallest absolute Gasteiger partial charge is 0.413 e. The molecule has 2 aliphatic rings. The number of nitrogens with zero attached hydrogens (tertiary/aromatic N) is 1. The third-order valence-corrected chi connectivity index (χ3v) is 5.41. The number of carboxylic acid groups (broad SMARTS) is 1. The van der Waals surface area contributed by atoms with Gasteiger partial charge in [0, 0.05) is 0 Å². The number of carbonyl (C=O) groups is 2. The van der Waals surface area contributed by atoms with Crippen LogP contribution in [0.2, 0.25) is 0 Å². The Bertz CT molecular complexity index is 610. The van der Waals surface area contributed by atoms with Crippen molar-refractivity contribution >= 4 is 12.1 Å². The van der Waals surface area contributed by atoms with Crippen molar-refractivity contribution in [3.05, 3.63) is 35.9 Å². The molecule has 1 heterocycles. The highest BCUT2D eigenvalue weighted by Crippen LogP contribution is 2.43. The summed E-state index contributed by atoms with van der Waals surface area (Å²) in [6.45, 7) is 2.30. The van der Waals surface area contributed by atoms with E-state index in [1.165, 1.54) is 4.90 Å². The molecule has 6 heteroatoms. The Hall–Kier alpha value is -2.08. The van der Waals surface area contributed by atoms with Gasteiger partial charge in [-0.05, 0) is 37.2 Å². The molecular formula is C19H25NO5. The summed E-state index contributed by atoms with van der Waals surface area (Å²) in [6.07, 6.45) is 3.68. The summed E-state index contributed by atoms with van der Waals surface area (Å²) < 4.78 is 11.3. The normalized spacial score (nSPS) is 28.9. The van der Waals surface area contributed by atoms with E-state index in [2.05, 4.69) is 6.92 Å². The van der Waals surface area contributed by atoms with Crippen LogP contribution < -0.4 is 0 Å². The van der Waals surface area contributed by atoms with Crippen LogP contribution in [0.3, 0.4) is 0 Å². The van der Waals surface area contributed by atoms with Gasteiger partial charge in [0.2, 0.25) is 0 Å². The van der Waals surface area contributed by atoms with E-state index < -0.39 is 23.8 Å². The second kappa shape index (κ2) is 7.44. The molecule has 1 aliphatic carbocycles. The number of hydrogen-bond acceptors (Lipinski definition) is 4. The zero-order valence-corrected chi connectivity index (χ0v) is 14.5. The van der Waals surface area contributed by atoms with Crippen molar-refractivity contribution in [1.82, 2.24) is 4.90 Å². The number of aliphatic carboxylic acids is 1. The van der Waals surface area contributed by atoms with Crippen LogP contribution >= 0.6 is 0 Å². The van der Waals surface area contributed by atoms with Gasteiger partial charge in [0.25, 0.3) is 0 Å². The van der Waals surface area contributed by atoms with Crippen LogP contribution in [-0.4, -0.2) is 40.4 Å². The van der Waals surface area contributed by atoms with Gasteiger partial charge < -0.3 is 14.6 Å². The van der Waals surface area contributed by atoms with Gasteiger partial charge in [0.15, 0.2) is 6.04 Å². The molecule has 1 spiro atoms. The molecule has 2 fully saturated rings. The maximum absolute atomic E-state index is 12.7. The monoisotopic (exact) mass is 347 g/mol. The van der Waals surface area contributed by atoms with E-state index in [-0.39, 0.29) is 13.2 Å². The molecular weight excluding hydrogens is 322 g/mol. The first kappa shape index (κ1) is 17.7. The summed E-state index contributed by atoms with van der Waals surface area (Å²) >= 11 is 0. The van der Waals surface area contributed by atoms with Crippen molar-refractivity contribution < 1.29 is 24.2 Å². The lowest BCUT2D eigenvalue weighted by Crippen LogP contribution is -2.55. The first-order valence-corrected chi connectivity index (χ1v) is 8.92. The molecule has 0 bridgehead atoms. The molecule has 1 aromatic rings. The summed E-state index contributed by atoms with van der Waals surface area (Å²) in [6, 6.07) is 8.38. The highest BCUT2D eigenvalue weighted by molar-refractivity contribution is 5.81. The molecule has 1 atom stereocenters. The van der Waals surface area contributed by atoms with E-state index in [0.29, 0.717) is 18.8 Å². The topological polar surface area (TPSA) is 76.1 Å². The lowest BCUT2D eigenvalue weighted by Gasteiger charge is -2.42. The first-order valence-electron chi connectivity index (χ1n) is 8.92. The molecule has 1 unspecified atom stereocenters. The lowest BCUT2D eigenvalue weighted by molar-refractivity contribution is -0.144. The summed E-state index contributed by atoms with van der Waals surface area (Å²) in [7, 11) is 0. The van der Waals surface area contributed by atoms with Crippen LogP contribution in [0.15, 0.2) is 30.3 Å². The fourth-order valence-corrected chi connectivity index (χ4v) is 3.85. The summed E-state index contributed by atoms with van der Waals surface area (Å²) in [5.74, 6) is -0.438. The molecule has 6 nitrogen and oxygen atoms in total. The average molecular weight is 347 g/mol. The number of ether oxygens (including phenoxy) is 2. The number of carbonyl (C=O) groups excluding carboxylic acids is 1. The van der Waals surface area contributed by atoms with E-state index in [4.69, 9.17) is 9.47 Å². The van der Waals surface area contributed by atoms with Crippen molar-refractivity contribution in [3.8, 4) is 0 Å². The quantitative estimate of drug-likeness (QED) is 0.903. The standard InChI is InChI=1S/C19H25NO5/c1-2-14-8-10-19(11-9-14)20(16(13-25-19)17(21)22)18(23)24-12-15-6-4-3-5-7-15/h3-7,14,16H,2,8-13H2,1H3,(H,21,22). The first-order chi connectivity index (χ1) is 12.1. The van der Waals surface area contributed by atoms with E-state index in [1.54, 1.807) is 0 Å². The molecule has 1 amide bonds. The van der Waals surface area contributed by atoms with Gasteiger partial charge in [-0.1, -0.05) is 43.7 Å². The predicted octanol–water partition coefficient (Wildman–Crippen LogP) is 3.41. The Morgan fingerprint density at radius 1 is 1.28 bits per heavy atom. The molecule has 136 valence electrons. The Kier molecular flexibility index (Phi) is 5.27. The van der Waals surface area contributed by atoms with Crippen LogP contribution in [0.4, 0.5) is 4.79 Å². The van der Waals surface area contributed by atoms with Crippen molar-refractivity contribution in [3.63, 3.8) is 0 Å². The molecule has 0 aromatic heterocycles. The summed E-state index contributed by atoms with van der Waals surface area (Å²) in [5.41, 5.74) is 0.0363. The highest BCUT2D eigenvalue weighted by atomic mass is 16.6. The van der Waals surface area contributed by atoms with Gasteiger partial charge in [-0.15, -0.1) is 0 Å². The minimum atomic E-state index is -1.05. The second-order valence-corrected chi connectivity index (χ2v) is 6.87. The van der Waals surface area contributed by atoms with Crippen molar-refractivity contribution in [2.45, 2.75) is 57.4 Å². The SMILES string of the molecule is CCC1CCC2(CC1)OCC(C(=O)O)N2C(=O)OCc1ccccc1. The van der Waals surface area contributed by atoms with Crippen LogP contribution in [0.25, 0.3) is 0 Å². The molecule has 1 aliphatic heterocycles. The molecule has 1 N–H and O–H groups in total. The lowest BCUT2D eigenvalue weighted by atomic mass is 9.81. The van der Waals surface area contributed by atoms with Crippen molar-refractivity contribution in [2.24, 2.45) is 5.92 Å². The van der Waals surface area contributed by atoms with Crippen molar-refractivity contribution in [2.75, 3.05) is 6.61 Å². The fraction of sp³-hybridized carbons (Fsp3) is 0.579. The van der Waals surface area contributed by atoms with E-state index in [0.717, 1.165) is 24.8 Å². The number of carboxylic acids is 1. The maximum atomic E-state index is 12.7.